The number of aryl methyl sites for hydroxylation is 1. The van der Waals surface area contributed by atoms with E-state index < -0.39 is 6.09 Å². The second-order valence-electron chi connectivity index (χ2n) is 3.58. The lowest BCUT2D eigenvalue weighted by Crippen LogP contribution is -2.09. The number of hydrogen-bond donors (Lipinski definition) is 1. The quantitative estimate of drug-likeness (QED) is 0.792. The summed E-state index contributed by atoms with van der Waals surface area (Å²) in [7, 11) is 0. The average molecular weight is 303 g/mol. The first kappa shape index (κ1) is 11.5. The molecule has 16 heavy (non-hydrogen) atoms. The van der Waals surface area contributed by atoms with E-state index in [0.717, 1.165) is 15.4 Å². The van der Waals surface area contributed by atoms with Gasteiger partial charge in [-0.2, -0.15) is 0 Å². The van der Waals surface area contributed by atoms with Crippen LogP contribution in [-0.2, 0) is 0 Å². The number of hydrogen-bond acceptors (Lipinski definition) is 1. The topological polar surface area (TPSA) is 42.2 Å². The molecule has 0 saturated carbocycles. The van der Waals surface area contributed by atoms with E-state index in [-0.39, 0.29) is 0 Å². The molecule has 2 rings (SSSR count). The Balaban J connectivity index is 3.01. The van der Waals surface area contributed by atoms with Crippen molar-refractivity contribution in [2.45, 2.75) is 13.8 Å². The van der Waals surface area contributed by atoms with Crippen molar-refractivity contribution >= 4 is 44.5 Å². The van der Waals surface area contributed by atoms with Crippen molar-refractivity contribution in [3.8, 4) is 0 Å². The summed E-state index contributed by atoms with van der Waals surface area (Å²) >= 11 is 9.39. The smallest absolute Gasteiger partial charge is 0.416 e. The third kappa shape index (κ3) is 1.44. The molecule has 1 aromatic carbocycles. The van der Waals surface area contributed by atoms with E-state index in [1.165, 1.54) is 4.57 Å². The number of halogens is 2. The summed E-state index contributed by atoms with van der Waals surface area (Å²) in [5.74, 6) is 0. The third-order valence-corrected chi connectivity index (χ3v) is 4.13. The van der Waals surface area contributed by atoms with Crippen LogP contribution in [0.3, 0.4) is 0 Å². The summed E-state index contributed by atoms with van der Waals surface area (Å²) in [6.07, 6.45) is -0.982. The van der Waals surface area contributed by atoms with Gasteiger partial charge in [0.05, 0.1) is 10.5 Å². The number of aromatic nitrogens is 1. The minimum atomic E-state index is -0.982. The molecular weight excluding hydrogens is 293 g/mol. The standard InChI is InChI=1S/C11H9BrClNO2/c1-5-6(2)14(11(15)16)8-4-3-7(13)10(12)9(5)8/h3-4H,1-2H3,(H,15,16). The first-order chi connectivity index (χ1) is 7.45. The Morgan fingerprint density at radius 2 is 2.06 bits per heavy atom. The minimum absolute atomic E-state index is 0.582. The predicted octanol–water partition coefficient (Wildman–Crippen LogP) is 4.20. The van der Waals surface area contributed by atoms with Crippen molar-refractivity contribution in [1.82, 2.24) is 4.57 Å². The van der Waals surface area contributed by atoms with E-state index in [0.29, 0.717) is 16.2 Å². The molecule has 0 atom stereocenters. The number of carbonyl (C=O) groups is 1. The second kappa shape index (κ2) is 3.79. The van der Waals surface area contributed by atoms with Gasteiger partial charge in [0.1, 0.15) is 0 Å². The van der Waals surface area contributed by atoms with Crippen LogP contribution in [0, 0.1) is 13.8 Å². The summed E-state index contributed by atoms with van der Waals surface area (Å²) in [4.78, 5) is 11.2. The van der Waals surface area contributed by atoms with E-state index in [1.807, 2.05) is 6.92 Å². The highest BCUT2D eigenvalue weighted by Crippen LogP contribution is 2.36. The van der Waals surface area contributed by atoms with Crippen LogP contribution >= 0.6 is 27.5 Å². The first-order valence-corrected chi connectivity index (χ1v) is 5.81. The first-order valence-electron chi connectivity index (χ1n) is 4.64. The molecule has 0 bridgehead atoms. The van der Waals surface area contributed by atoms with E-state index in [9.17, 15) is 4.79 Å². The predicted molar refractivity (Wildman–Crippen MR) is 67.5 cm³/mol. The van der Waals surface area contributed by atoms with Crippen molar-refractivity contribution in [3.05, 3.63) is 32.9 Å². The Morgan fingerprint density at radius 3 is 2.62 bits per heavy atom. The molecule has 0 aliphatic carbocycles. The lowest BCUT2D eigenvalue weighted by molar-refractivity contribution is 0.197. The van der Waals surface area contributed by atoms with E-state index in [2.05, 4.69) is 15.9 Å². The molecule has 1 N–H and O–H groups in total. The minimum Gasteiger partial charge on any atom is -0.464 e. The van der Waals surface area contributed by atoms with Crippen LogP contribution < -0.4 is 0 Å². The fraction of sp³-hybridized carbons (Fsp3) is 0.182. The van der Waals surface area contributed by atoms with Gasteiger partial charge in [-0.15, -0.1) is 0 Å². The molecule has 84 valence electrons. The Kier molecular flexibility index (Phi) is 2.72. The maximum absolute atomic E-state index is 11.2. The summed E-state index contributed by atoms with van der Waals surface area (Å²) in [5.41, 5.74) is 2.29. The van der Waals surface area contributed by atoms with Gasteiger partial charge in [0.2, 0.25) is 0 Å². The van der Waals surface area contributed by atoms with E-state index in [1.54, 1.807) is 19.1 Å². The van der Waals surface area contributed by atoms with E-state index in [4.69, 9.17) is 16.7 Å². The zero-order chi connectivity index (χ0) is 12.0. The Labute approximate surface area is 106 Å². The van der Waals surface area contributed by atoms with Gasteiger partial charge < -0.3 is 5.11 Å². The monoisotopic (exact) mass is 301 g/mol. The highest BCUT2D eigenvalue weighted by Gasteiger charge is 2.18. The SMILES string of the molecule is Cc1c(C)n(C(=O)O)c2ccc(Cl)c(Br)c12. The largest absolute Gasteiger partial charge is 0.464 e. The lowest BCUT2D eigenvalue weighted by Gasteiger charge is -2.01. The van der Waals surface area contributed by atoms with Gasteiger partial charge in [0, 0.05) is 15.6 Å². The van der Waals surface area contributed by atoms with Crippen LogP contribution in [0.1, 0.15) is 11.3 Å². The van der Waals surface area contributed by atoms with Crippen LogP contribution in [0.5, 0.6) is 0 Å². The molecule has 0 fully saturated rings. The number of carboxylic acid groups (broad SMARTS) is 1. The van der Waals surface area contributed by atoms with E-state index >= 15 is 0 Å². The molecule has 0 aliphatic heterocycles. The maximum Gasteiger partial charge on any atom is 0.416 e. The van der Waals surface area contributed by atoms with Gasteiger partial charge in [0.25, 0.3) is 0 Å². The van der Waals surface area contributed by atoms with Gasteiger partial charge in [-0.3, -0.25) is 0 Å². The molecule has 2 aromatic rings. The molecule has 0 radical (unpaired) electrons. The molecule has 1 heterocycles. The van der Waals surface area contributed by atoms with Gasteiger partial charge in [-0.25, -0.2) is 9.36 Å². The molecule has 0 unspecified atom stereocenters. The highest BCUT2D eigenvalue weighted by molar-refractivity contribution is 9.10. The molecule has 1 aromatic heterocycles. The zero-order valence-corrected chi connectivity index (χ0v) is 11.1. The van der Waals surface area contributed by atoms with Crippen molar-refractivity contribution in [2.75, 3.05) is 0 Å². The Hall–Kier alpha value is -1.000. The van der Waals surface area contributed by atoms with Crippen LogP contribution in [0.25, 0.3) is 10.9 Å². The number of rotatable bonds is 0. The second-order valence-corrected chi connectivity index (χ2v) is 4.78. The van der Waals surface area contributed by atoms with Crippen LogP contribution in [0.4, 0.5) is 4.79 Å². The average Bonchev–Trinajstić information content (AvgIpc) is 2.46. The molecule has 3 nitrogen and oxygen atoms in total. The number of nitrogens with zero attached hydrogens (tertiary/aromatic N) is 1. The highest BCUT2D eigenvalue weighted by atomic mass is 79.9. The van der Waals surface area contributed by atoms with Crippen LogP contribution in [0.2, 0.25) is 5.02 Å². The van der Waals surface area contributed by atoms with Crippen LogP contribution in [0.15, 0.2) is 16.6 Å². The van der Waals surface area contributed by atoms with Crippen LogP contribution in [-0.4, -0.2) is 15.8 Å². The van der Waals surface area contributed by atoms with Crippen molar-refractivity contribution < 1.29 is 9.90 Å². The zero-order valence-electron chi connectivity index (χ0n) is 8.71. The fourth-order valence-corrected chi connectivity index (χ4v) is 2.65. The third-order valence-electron chi connectivity index (χ3n) is 2.76. The molecular formula is C11H9BrClNO2. The van der Waals surface area contributed by atoms with Gasteiger partial charge in [-0.05, 0) is 47.5 Å². The molecule has 0 aliphatic rings. The van der Waals surface area contributed by atoms with Crippen molar-refractivity contribution in [3.63, 3.8) is 0 Å². The normalized spacial score (nSPS) is 11.0. The van der Waals surface area contributed by atoms with Gasteiger partial charge in [0.15, 0.2) is 0 Å². The van der Waals surface area contributed by atoms with Gasteiger partial charge >= 0.3 is 6.09 Å². The van der Waals surface area contributed by atoms with Crippen molar-refractivity contribution in [1.29, 1.82) is 0 Å². The summed E-state index contributed by atoms with van der Waals surface area (Å²) < 4.78 is 2.01. The maximum atomic E-state index is 11.2. The lowest BCUT2D eigenvalue weighted by atomic mass is 10.1. The molecule has 0 spiro atoms. The Morgan fingerprint density at radius 1 is 1.44 bits per heavy atom. The molecule has 5 heteroatoms. The summed E-state index contributed by atoms with van der Waals surface area (Å²) in [6.45, 7) is 3.67. The Bertz CT molecular complexity index is 604. The number of benzene rings is 1. The number of fused-ring (bicyclic) bond motifs is 1. The molecule has 0 amide bonds. The van der Waals surface area contributed by atoms with Gasteiger partial charge in [-0.1, -0.05) is 11.6 Å². The summed E-state index contributed by atoms with van der Waals surface area (Å²) in [6, 6.07) is 3.41. The molecule has 0 saturated heterocycles. The van der Waals surface area contributed by atoms with Crippen molar-refractivity contribution in [2.24, 2.45) is 0 Å². The summed E-state index contributed by atoms with van der Waals surface area (Å²) in [5, 5.41) is 10.6. The fourth-order valence-electron chi connectivity index (χ4n) is 1.86.